The predicted molar refractivity (Wildman–Crippen MR) is 83.6 cm³/mol. The molecular weight excluding hydrogens is 265 g/mol. The third-order valence-electron chi connectivity index (χ3n) is 4.48. The minimum absolute atomic E-state index is 0.290. The Morgan fingerprint density at radius 1 is 1.10 bits per heavy atom. The molecule has 0 aliphatic carbocycles. The first-order valence-corrected chi connectivity index (χ1v) is 7.40. The van der Waals surface area contributed by atoms with E-state index in [0.29, 0.717) is 0 Å². The van der Waals surface area contributed by atoms with Gasteiger partial charge in [-0.1, -0.05) is 0 Å². The van der Waals surface area contributed by atoms with E-state index in [2.05, 4.69) is 57.7 Å². The minimum atomic E-state index is -0.387. The fourth-order valence-corrected chi connectivity index (χ4v) is 2.46. The van der Waals surface area contributed by atoms with E-state index in [1.807, 2.05) is 10.9 Å². The van der Waals surface area contributed by atoms with Crippen molar-refractivity contribution in [3.05, 3.63) is 18.5 Å². The molecule has 0 radical (unpaired) electrons. The number of hydrogen-bond donors (Lipinski definition) is 0. The molecule has 1 saturated heterocycles. The molecular formula is C15H22BN3O2. The van der Waals surface area contributed by atoms with Gasteiger partial charge in [0.25, 0.3) is 0 Å². The highest BCUT2D eigenvalue weighted by atomic mass is 16.7. The smallest absolute Gasteiger partial charge is 0.399 e. The van der Waals surface area contributed by atoms with E-state index < -0.39 is 0 Å². The Kier molecular flexibility index (Phi) is 3.15. The maximum absolute atomic E-state index is 6.08. The summed E-state index contributed by atoms with van der Waals surface area (Å²) < 4.78 is 14.1. The van der Waals surface area contributed by atoms with Crippen molar-refractivity contribution in [1.29, 1.82) is 0 Å². The van der Waals surface area contributed by atoms with Gasteiger partial charge in [0.05, 0.1) is 22.9 Å². The lowest BCUT2D eigenvalue weighted by Gasteiger charge is -2.32. The SMILES string of the molecule is CC(C)n1ncc2ncc(B3OC(C)(C)C(C)(C)O3)cc21. The average molecular weight is 287 g/mol. The highest BCUT2D eigenvalue weighted by Gasteiger charge is 2.51. The van der Waals surface area contributed by atoms with E-state index >= 15 is 0 Å². The van der Waals surface area contributed by atoms with Crippen LogP contribution in [0.5, 0.6) is 0 Å². The molecule has 0 amide bonds. The second-order valence-corrected chi connectivity index (χ2v) is 6.94. The molecule has 0 aromatic carbocycles. The van der Waals surface area contributed by atoms with Gasteiger partial charge < -0.3 is 9.31 Å². The number of fused-ring (bicyclic) bond motifs is 1. The second-order valence-electron chi connectivity index (χ2n) is 6.94. The maximum Gasteiger partial charge on any atom is 0.496 e. The molecule has 3 rings (SSSR count). The molecule has 0 spiro atoms. The zero-order chi connectivity index (χ0) is 15.4. The Hall–Kier alpha value is -1.40. The molecule has 1 fully saturated rings. The zero-order valence-corrected chi connectivity index (χ0v) is 13.5. The van der Waals surface area contributed by atoms with Crippen LogP contribution in [0.2, 0.25) is 0 Å². The third-order valence-corrected chi connectivity index (χ3v) is 4.48. The van der Waals surface area contributed by atoms with Gasteiger partial charge in [0, 0.05) is 17.7 Å². The monoisotopic (exact) mass is 287 g/mol. The lowest BCUT2D eigenvalue weighted by atomic mass is 9.80. The van der Waals surface area contributed by atoms with Crippen molar-refractivity contribution in [2.75, 3.05) is 0 Å². The summed E-state index contributed by atoms with van der Waals surface area (Å²) in [6.07, 6.45) is 3.61. The highest BCUT2D eigenvalue weighted by molar-refractivity contribution is 6.62. The van der Waals surface area contributed by atoms with Gasteiger partial charge in [0.1, 0.15) is 5.52 Å². The molecule has 21 heavy (non-hydrogen) atoms. The molecule has 0 unspecified atom stereocenters. The minimum Gasteiger partial charge on any atom is -0.399 e. The number of nitrogens with zero attached hydrogens (tertiary/aromatic N) is 3. The van der Waals surface area contributed by atoms with Crippen molar-refractivity contribution < 1.29 is 9.31 Å². The molecule has 0 saturated carbocycles. The topological polar surface area (TPSA) is 49.2 Å². The molecule has 1 aliphatic rings. The molecule has 6 heteroatoms. The summed E-state index contributed by atoms with van der Waals surface area (Å²) in [5.41, 5.74) is 2.15. The van der Waals surface area contributed by atoms with Crippen molar-refractivity contribution in [1.82, 2.24) is 14.8 Å². The molecule has 0 N–H and O–H groups in total. The van der Waals surface area contributed by atoms with Gasteiger partial charge >= 0.3 is 7.12 Å². The van der Waals surface area contributed by atoms with E-state index in [1.54, 1.807) is 6.20 Å². The van der Waals surface area contributed by atoms with E-state index in [9.17, 15) is 0 Å². The standard InChI is InChI=1S/C15H22BN3O2/c1-10(2)19-13-7-11(8-17-12(13)9-18-19)16-20-14(3,4)15(5,6)21-16/h7-10H,1-6H3. The van der Waals surface area contributed by atoms with E-state index in [4.69, 9.17) is 9.31 Å². The molecule has 2 aromatic heterocycles. The van der Waals surface area contributed by atoms with Crippen LogP contribution in [0.3, 0.4) is 0 Å². The number of rotatable bonds is 2. The molecule has 112 valence electrons. The Balaban J connectivity index is 2.01. The van der Waals surface area contributed by atoms with Crippen molar-refractivity contribution in [2.24, 2.45) is 0 Å². The lowest BCUT2D eigenvalue weighted by molar-refractivity contribution is 0.00578. The van der Waals surface area contributed by atoms with Crippen LogP contribution in [0.15, 0.2) is 18.5 Å². The summed E-state index contributed by atoms with van der Waals surface area (Å²) >= 11 is 0. The first-order valence-electron chi connectivity index (χ1n) is 7.40. The first kappa shape index (κ1) is 14.5. The van der Waals surface area contributed by atoms with Crippen molar-refractivity contribution >= 4 is 23.6 Å². The van der Waals surface area contributed by atoms with Gasteiger partial charge in [0.2, 0.25) is 0 Å². The average Bonchev–Trinajstić information content (AvgIpc) is 2.87. The van der Waals surface area contributed by atoms with Crippen LogP contribution in [0.25, 0.3) is 11.0 Å². The Morgan fingerprint density at radius 2 is 1.71 bits per heavy atom. The van der Waals surface area contributed by atoms with Crippen LogP contribution in [0.1, 0.15) is 47.6 Å². The number of aromatic nitrogens is 3. The first-order chi connectivity index (χ1) is 9.71. The van der Waals surface area contributed by atoms with E-state index in [0.717, 1.165) is 16.5 Å². The van der Waals surface area contributed by atoms with Crippen LogP contribution in [-0.4, -0.2) is 33.1 Å². The van der Waals surface area contributed by atoms with Crippen LogP contribution in [0.4, 0.5) is 0 Å². The summed E-state index contributed by atoms with van der Waals surface area (Å²) in [5.74, 6) is 0. The molecule has 5 nitrogen and oxygen atoms in total. The summed E-state index contributed by atoms with van der Waals surface area (Å²) in [5, 5.41) is 4.39. The van der Waals surface area contributed by atoms with Crippen LogP contribution < -0.4 is 5.46 Å². The molecule has 0 atom stereocenters. The van der Waals surface area contributed by atoms with Crippen LogP contribution in [-0.2, 0) is 9.31 Å². The fraction of sp³-hybridized carbons (Fsp3) is 0.600. The van der Waals surface area contributed by atoms with Gasteiger partial charge in [-0.05, 0) is 47.6 Å². The Morgan fingerprint density at radius 3 is 2.29 bits per heavy atom. The fourth-order valence-electron chi connectivity index (χ4n) is 2.46. The second kappa shape index (κ2) is 4.55. The molecule has 1 aliphatic heterocycles. The normalized spacial score (nSPS) is 20.6. The maximum atomic E-state index is 6.08. The van der Waals surface area contributed by atoms with Gasteiger partial charge in [0.15, 0.2) is 0 Å². The number of pyridine rings is 1. The summed E-state index contributed by atoms with van der Waals surface area (Å²) in [6.45, 7) is 12.4. The quantitative estimate of drug-likeness (QED) is 0.795. The van der Waals surface area contributed by atoms with Gasteiger partial charge in [-0.2, -0.15) is 5.10 Å². The lowest BCUT2D eigenvalue weighted by Crippen LogP contribution is -2.41. The number of hydrogen-bond acceptors (Lipinski definition) is 4. The van der Waals surface area contributed by atoms with Crippen molar-refractivity contribution in [3.8, 4) is 0 Å². The molecule has 3 heterocycles. The van der Waals surface area contributed by atoms with E-state index in [-0.39, 0.29) is 24.4 Å². The van der Waals surface area contributed by atoms with Crippen molar-refractivity contribution in [2.45, 2.75) is 58.8 Å². The molecule has 2 aromatic rings. The predicted octanol–water partition coefficient (Wildman–Crippen LogP) is 2.31. The summed E-state index contributed by atoms with van der Waals surface area (Å²) in [7, 11) is -0.387. The molecule has 0 bridgehead atoms. The zero-order valence-electron chi connectivity index (χ0n) is 13.5. The Bertz CT molecular complexity index is 663. The van der Waals surface area contributed by atoms with Crippen LogP contribution in [0, 0.1) is 0 Å². The van der Waals surface area contributed by atoms with Crippen molar-refractivity contribution in [3.63, 3.8) is 0 Å². The van der Waals surface area contributed by atoms with Gasteiger partial charge in [-0.25, -0.2) is 0 Å². The van der Waals surface area contributed by atoms with Gasteiger partial charge in [-0.15, -0.1) is 0 Å². The summed E-state index contributed by atoms with van der Waals surface area (Å²) in [4.78, 5) is 4.48. The van der Waals surface area contributed by atoms with Crippen LogP contribution >= 0.6 is 0 Å². The highest BCUT2D eigenvalue weighted by Crippen LogP contribution is 2.36. The summed E-state index contributed by atoms with van der Waals surface area (Å²) in [6, 6.07) is 2.36. The van der Waals surface area contributed by atoms with E-state index in [1.165, 1.54) is 0 Å². The van der Waals surface area contributed by atoms with Gasteiger partial charge in [-0.3, -0.25) is 9.67 Å². The third kappa shape index (κ3) is 2.26. The largest absolute Gasteiger partial charge is 0.496 e. The Labute approximate surface area is 125 Å².